The molecule has 1 saturated heterocycles. The molecule has 2 N–H and O–H groups in total. The maximum absolute atomic E-state index is 12.9. The Morgan fingerprint density at radius 3 is 2.82 bits per heavy atom. The number of nitrogens with one attached hydrogen (secondary N) is 2. The highest BCUT2D eigenvalue weighted by molar-refractivity contribution is 6.05. The van der Waals surface area contributed by atoms with Gasteiger partial charge in [-0.15, -0.1) is 0 Å². The first-order valence-corrected chi connectivity index (χ1v) is 12.2. The van der Waals surface area contributed by atoms with Crippen molar-refractivity contribution in [1.82, 2.24) is 25.3 Å². The molecule has 9 heteroatoms. The van der Waals surface area contributed by atoms with E-state index >= 15 is 0 Å². The Morgan fingerprint density at radius 1 is 1.18 bits per heavy atom. The third-order valence-electron chi connectivity index (χ3n) is 7.06. The number of ether oxygens (including phenoxy) is 1. The first-order valence-electron chi connectivity index (χ1n) is 12.2. The van der Waals surface area contributed by atoms with E-state index in [1.807, 2.05) is 23.0 Å². The summed E-state index contributed by atoms with van der Waals surface area (Å²) in [4.78, 5) is 38.2. The van der Waals surface area contributed by atoms with Crippen molar-refractivity contribution in [1.29, 1.82) is 0 Å². The minimum absolute atomic E-state index is 0.0522. The molecule has 180 valence electrons. The Labute approximate surface area is 198 Å². The van der Waals surface area contributed by atoms with Crippen LogP contribution in [-0.4, -0.2) is 50.6 Å². The summed E-state index contributed by atoms with van der Waals surface area (Å²) >= 11 is 0. The lowest BCUT2D eigenvalue weighted by Gasteiger charge is -2.32. The quantitative estimate of drug-likeness (QED) is 0.607. The smallest absolute Gasteiger partial charge is 0.255 e. The lowest BCUT2D eigenvalue weighted by Crippen LogP contribution is -2.52. The molecule has 1 aromatic heterocycles. The maximum atomic E-state index is 12.9. The van der Waals surface area contributed by atoms with Crippen molar-refractivity contribution >= 4 is 17.7 Å². The lowest BCUT2D eigenvalue weighted by atomic mass is 9.92. The van der Waals surface area contributed by atoms with Crippen LogP contribution >= 0.6 is 0 Å². The van der Waals surface area contributed by atoms with Crippen LogP contribution in [0, 0.1) is 0 Å². The number of carbonyl (C=O) groups excluding carboxylic acids is 3. The highest BCUT2D eigenvalue weighted by Gasteiger charge is 2.39. The monoisotopic (exact) mass is 465 g/mol. The second-order valence-electron chi connectivity index (χ2n) is 9.35. The SMILES string of the molecule is CCn1cc(CNC2CCCC[C@H]2Oc2ccc3c(c2)CN(C2CCC(=O)NC2=O)C3=O)cn1. The van der Waals surface area contributed by atoms with Crippen LogP contribution in [0.25, 0.3) is 0 Å². The molecule has 2 fully saturated rings. The zero-order valence-corrected chi connectivity index (χ0v) is 19.5. The van der Waals surface area contributed by atoms with E-state index in [1.165, 1.54) is 6.42 Å². The van der Waals surface area contributed by atoms with Crippen LogP contribution in [0.2, 0.25) is 0 Å². The Kier molecular flexibility index (Phi) is 6.36. The van der Waals surface area contributed by atoms with Gasteiger partial charge < -0.3 is 15.0 Å². The summed E-state index contributed by atoms with van der Waals surface area (Å²) in [6, 6.07) is 5.21. The fraction of sp³-hybridized carbons (Fsp3) is 0.520. The summed E-state index contributed by atoms with van der Waals surface area (Å²) in [5, 5.41) is 10.3. The largest absolute Gasteiger partial charge is 0.489 e. The van der Waals surface area contributed by atoms with E-state index in [-0.39, 0.29) is 30.4 Å². The van der Waals surface area contributed by atoms with Crippen LogP contribution in [0.1, 0.15) is 66.9 Å². The van der Waals surface area contributed by atoms with Gasteiger partial charge in [-0.1, -0.05) is 6.42 Å². The first-order chi connectivity index (χ1) is 16.5. The Hall–Kier alpha value is -3.20. The number of aryl methyl sites for hydroxylation is 1. The highest BCUT2D eigenvalue weighted by Crippen LogP contribution is 2.32. The number of benzene rings is 1. The fourth-order valence-electron chi connectivity index (χ4n) is 5.19. The van der Waals surface area contributed by atoms with Crippen LogP contribution in [0.5, 0.6) is 5.75 Å². The summed E-state index contributed by atoms with van der Waals surface area (Å²) in [5.41, 5.74) is 2.62. The first kappa shape index (κ1) is 22.6. The molecule has 5 rings (SSSR count). The molecule has 34 heavy (non-hydrogen) atoms. The van der Waals surface area contributed by atoms with Crippen LogP contribution in [-0.2, 0) is 29.2 Å². The van der Waals surface area contributed by atoms with Crippen molar-refractivity contribution in [3.63, 3.8) is 0 Å². The van der Waals surface area contributed by atoms with Crippen LogP contribution < -0.4 is 15.4 Å². The van der Waals surface area contributed by atoms with Crippen LogP contribution in [0.15, 0.2) is 30.6 Å². The van der Waals surface area contributed by atoms with Crippen LogP contribution in [0.4, 0.5) is 0 Å². The fourth-order valence-corrected chi connectivity index (χ4v) is 5.19. The van der Waals surface area contributed by atoms with Gasteiger partial charge in [0.2, 0.25) is 11.8 Å². The molecule has 3 aliphatic rings. The molecule has 3 heterocycles. The average Bonchev–Trinajstić information content (AvgIpc) is 3.43. The molecule has 0 bridgehead atoms. The molecular formula is C25H31N5O4. The van der Waals surface area contributed by atoms with Crippen molar-refractivity contribution < 1.29 is 19.1 Å². The van der Waals surface area contributed by atoms with E-state index in [9.17, 15) is 14.4 Å². The zero-order valence-electron chi connectivity index (χ0n) is 19.5. The van der Waals surface area contributed by atoms with Gasteiger partial charge in [0, 0.05) is 49.4 Å². The summed E-state index contributed by atoms with van der Waals surface area (Å²) in [7, 11) is 0. The highest BCUT2D eigenvalue weighted by atomic mass is 16.5. The van der Waals surface area contributed by atoms with Crippen molar-refractivity contribution in [2.24, 2.45) is 0 Å². The third kappa shape index (κ3) is 4.57. The number of nitrogens with zero attached hydrogens (tertiary/aromatic N) is 3. The number of aromatic nitrogens is 2. The molecule has 1 saturated carbocycles. The van der Waals surface area contributed by atoms with Gasteiger partial charge in [0.15, 0.2) is 0 Å². The van der Waals surface area contributed by atoms with Crippen molar-refractivity contribution in [3.05, 3.63) is 47.3 Å². The number of rotatable bonds is 7. The summed E-state index contributed by atoms with van der Waals surface area (Å²) < 4.78 is 8.35. The van der Waals surface area contributed by atoms with Gasteiger partial charge in [0.05, 0.1) is 6.20 Å². The zero-order chi connectivity index (χ0) is 23.7. The van der Waals surface area contributed by atoms with Crippen molar-refractivity contribution in [3.8, 4) is 5.75 Å². The van der Waals surface area contributed by atoms with Gasteiger partial charge in [0.25, 0.3) is 5.91 Å². The molecule has 1 aromatic carbocycles. The van der Waals surface area contributed by atoms with Crippen molar-refractivity contribution in [2.45, 2.75) is 83.3 Å². The predicted octanol–water partition coefficient (Wildman–Crippen LogP) is 2.14. The van der Waals surface area contributed by atoms with Crippen LogP contribution in [0.3, 0.4) is 0 Å². The van der Waals surface area contributed by atoms with Crippen molar-refractivity contribution in [2.75, 3.05) is 0 Å². The second-order valence-corrected chi connectivity index (χ2v) is 9.35. The number of imide groups is 1. The topological polar surface area (TPSA) is 106 Å². The molecule has 2 unspecified atom stereocenters. The minimum Gasteiger partial charge on any atom is -0.489 e. The Bertz CT molecular complexity index is 1100. The molecule has 2 aliphatic heterocycles. The van der Waals surface area contributed by atoms with Gasteiger partial charge in [-0.2, -0.15) is 5.10 Å². The number of hydrogen-bond acceptors (Lipinski definition) is 6. The van der Waals surface area contributed by atoms with E-state index in [0.29, 0.717) is 18.5 Å². The summed E-state index contributed by atoms with van der Waals surface area (Å²) in [6.45, 7) is 4.04. The molecular weight excluding hydrogens is 434 g/mol. The standard InChI is InChI=1S/C25H31N5O4/c1-2-29-14-16(13-27-29)12-26-20-5-3-4-6-22(20)34-18-7-8-19-17(11-18)15-30(25(19)33)21-9-10-23(31)28-24(21)32/h7-8,11,13-14,20-22,26H,2-6,9-10,12,15H2,1H3,(H,28,31,32)/t20?,21?,22-/m1/s1. The molecule has 9 nitrogen and oxygen atoms in total. The summed E-state index contributed by atoms with van der Waals surface area (Å²) in [6.07, 6.45) is 8.97. The Morgan fingerprint density at radius 2 is 2.03 bits per heavy atom. The maximum Gasteiger partial charge on any atom is 0.255 e. The third-order valence-corrected chi connectivity index (χ3v) is 7.06. The van der Waals surface area contributed by atoms with E-state index in [1.54, 1.807) is 11.0 Å². The molecule has 0 radical (unpaired) electrons. The van der Waals surface area contributed by atoms with E-state index in [4.69, 9.17) is 4.74 Å². The van der Waals surface area contributed by atoms with Gasteiger partial charge in [-0.25, -0.2) is 0 Å². The number of amides is 3. The predicted molar refractivity (Wildman–Crippen MR) is 124 cm³/mol. The molecule has 3 atom stereocenters. The average molecular weight is 466 g/mol. The molecule has 2 aromatic rings. The normalized spacial score (nSPS) is 24.8. The number of fused-ring (bicyclic) bond motifs is 1. The van der Waals surface area contributed by atoms with E-state index < -0.39 is 11.9 Å². The summed E-state index contributed by atoms with van der Waals surface area (Å²) in [5.74, 6) is -0.0968. The molecule has 3 amide bonds. The van der Waals surface area contributed by atoms with Gasteiger partial charge in [-0.05, 0) is 56.4 Å². The number of piperidine rings is 1. The molecule has 0 spiro atoms. The van der Waals surface area contributed by atoms with Gasteiger partial charge in [-0.3, -0.25) is 24.4 Å². The molecule has 1 aliphatic carbocycles. The number of carbonyl (C=O) groups is 3. The van der Waals surface area contributed by atoms with Gasteiger partial charge >= 0.3 is 0 Å². The Balaban J connectivity index is 1.24. The minimum atomic E-state index is -0.606. The second kappa shape index (κ2) is 9.58. The van der Waals surface area contributed by atoms with E-state index in [0.717, 1.165) is 49.2 Å². The number of hydrogen-bond donors (Lipinski definition) is 2. The lowest BCUT2D eigenvalue weighted by molar-refractivity contribution is -0.136. The van der Waals surface area contributed by atoms with E-state index in [2.05, 4.69) is 28.9 Å². The van der Waals surface area contributed by atoms with Gasteiger partial charge in [0.1, 0.15) is 17.9 Å².